The molecule has 0 atom stereocenters. The van der Waals surface area contributed by atoms with E-state index in [9.17, 15) is 4.79 Å². The van der Waals surface area contributed by atoms with E-state index in [-0.39, 0.29) is 12.5 Å². The van der Waals surface area contributed by atoms with Gasteiger partial charge in [0.15, 0.2) is 12.4 Å². The third kappa shape index (κ3) is 1.74. The largest absolute Gasteiger partial charge is 0.504 e. The number of benzene rings is 1. The van der Waals surface area contributed by atoms with Crippen LogP contribution in [-0.2, 0) is 9.53 Å². The molecule has 1 aromatic rings. The number of hydrogen-bond donors (Lipinski definition) is 0. The highest BCUT2D eigenvalue weighted by atomic mass is 16.5. The molecule has 0 spiro atoms. The van der Waals surface area contributed by atoms with Crippen LogP contribution in [0.2, 0.25) is 0 Å². The predicted molar refractivity (Wildman–Crippen MR) is 61.4 cm³/mol. The highest BCUT2D eigenvalue weighted by Crippen LogP contribution is 2.35. The van der Waals surface area contributed by atoms with E-state index >= 15 is 0 Å². The van der Waals surface area contributed by atoms with Gasteiger partial charge in [-0.15, -0.1) is 0 Å². The third-order valence-corrected chi connectivity index (χ3v) is 2.48. The number of methoxy groups -OCH3 is 1. The normalized spacial score (nSPS) is 14.9. The highest BCUT2D eigenvalue weighted by Gasteiger charge is 2.23. The van der Waals surface area contributed by atoms with E-state index in [4.69, 9.17) is 9.47 Å². The second-order valence-electron chi connectivity index (χ2n) is 3.48. The van der Waals surface area contributed by atoms with Crippen LogP contribution in [0.5, 0.6) is 5.75 Å². The number of carbonyl (C=O) groups is 1. The molecule has 0 saturated heterocycles. The summed E-state index contributed by atoms with van der Waals surface area (Å²) in [5, 5.41) is 0. The van der Waals surface area contributed by atoms with Gasteiger partial charge in [0.05, 0.1) is 19.1 Å². The Labute approximate surface area is 94.1 Å². The van der Waals surface area contributed by atoms with Crippen molar-refractivity contribution in [1.82, 2.24) is 0 Å². The fraction of sp³-hybridized carbons (Fsp3) is 0.250. The molecule has 1 aromatic carbocycles. The Hall–Kier alpha value is -1.97. The number of rotatable bonds is 2. The van der Waals surface area contributed by atoms with E-state index in [0.29, 0.717) is 0 Å². The van der Waals surface area contributed by atoms with Gasteiger partial charge in [0.2, 0.25) is 0 Å². The summed E-state index contributed by atoms with van der Waals surface area (Å²) in [5.74, 6) is 0.679. The second-order valence-corrected chi connectivity index (χ2v) is 3.48. The van der Waals surface area contributed by atoms with Crippen LogP contribution in [0.25, 0.3) is 6.08 Å². The van der Waals surface area contributed by atoms with Crippen LogP contribution in [0.4, 0.5) is 5.69 Å². The summed E-state index contributed by atoms with van der Waals surface area (Å²) in [6.45, 7) is 0.0847. The first-order valence-electron chi connectivity index (χ1n) is 4.95. The molecule has 4 heteroatoms. The van der Waals surface area contributed by atoms with Gasteiger partial charge in [0, 0.05) is 12.6 Å². The van der Waals surface area contributed by atoms with Crippen LogP contribution < -0.4 is 9.64 Å². The van der Waals surface area contributed by atoms with Gasteiger partial charge in [0.1, 0.15) is 0 Å². The molecule has 4 nitrogen and oxygen atoms in total. The molecular formula is C12H13NO3. The summed E-state index contributed by atoms with van der Waals surface area (Å²) in [5.41, 5.74) is 1.69. The fourth-order valence-corrected chi connectivity index (χ4v) is 1.60. The van der Waals surface area contributed by atoms with Crippen molar-refractivity contribution < 1.29 is 14.3 Å². The molecule has 1 aliphatic rings. The average Bonchev–Trinajstić information content (AvgIpc) is 2.31. The number of hydrogen-bond acceptors (Lipinski definition) is 3. The maximum atomic E-state index is 11.4. The van der Waals surface area contributed by atoms with E-state index in [1.807, 2.05) is 24.3 Å². The van der Waals surface area contributed by atoms with Gasteiger partial charge in [0.25, 0.3) is 5.91 Å². The molecule has 0 saturated carbocycles. The monoisotopic (exact) mass is 219 g/mol. The molecule has 0 radical (unpaired) electrons. The summed E-state index contributed by atoms with van der Waals surface area (Å²) in [4.78, 5) is 13.0. The number of likely N-dealkylation sites (N-methyl/N-ethyl adjacent to an activating group) is 1. The van der Waals surface area contributed by atoms with Crippen LogP contribution in [0.15, 0.2) is 24.5 Å². The molecule has 0 unspecified atom stereocenters. The molecule has 2 rings (SSSR count). The summed E-state index contributed by atoms with van der Waals surface area (Å²) in [6.07, 6.45) is 3.39. The van der Waals surface area contributed by atoms with E-state index in [1.54, 1.807) is 25.3 Å². The second kappa shape index (κ2) is 4.26. The van der Waals surface area contributed by atoms with Gasteiger partial charge < -0.3 is 14.4 Å². The van der Waals surface area contributed by atoms with Crippen LogP contribution >= 0.6 is 0 Å². The number of carbonyl (C=O) groups excluding carboxylic acids is 1. The first-order chi connectivity index (χ1) is 7.74. The lowest BCUT2D eigenvalue weighted by Gasteiger charge is -2.26. The smallest absolute Gasteiger partial charge is 0.264 e. The van der Waals surface area contributed by atoms with E-state index in [1.165, 1.54) is 0 Å². The zero-order valence-corrected chi connectivity index (χ0v) is 9.27. The Morgan fingerprint density at radius 1 is 1.50 bits per heavy atom. The number of nitrogens with zero attached hydrogens (tertiary/aromatic N) is 1. The average molecular weight is 219 g/mol. The van der Waals surface area contributed by atoms with Crippen molar-refractivity contribution in [3.05, 3.63) is 30.0 Å². The topological polar surface area (TPSA) is 38.8 Å². The van der Waals surface area contributed by atoms with Gasteiger partial charge in [-0.3, -0.25) is 4.79 Å². The van der Waals surface area contributed by atoms with Crippen molar-refractivity contribution in [1.29, 1.82) is 0 Å². The minimum absolute atomic E-state index is 0.0413. The Morgan fingerprint density at radius 2 is 2.31 bits per heavy atom. The fourth-order valence-electron chi connectivity index (χ4n) is 1.60. The number of amides is 1. The van der Waals surface area contributed by atoms with Crippen molar-refractivity contribution in [2.24, 2.45) is 0 Å². The molecule has 84 valence electrons. The lowest BCUT2D eigenvalue weighted by molar-refractivity contribution is -0.120. The minimum atomic E-state index is -0.0413. The molecule has 1 amide bonds. The van der Waals surface area contributed by atoms with Gasteiger partial charge in [-0.2, -0.15) is 0 Å². The van der Waals surface area contributed by atoms with E-state index < -0.39 is 0 Å². The van der Waals surface area contributed by atoms with Gasteiger partial charge in [-0.05, 0) is 12.1 Å². The van der Waals surface area contributed by atoms with Crippen molar-refractivity contribution in [3.8, 4) is 5.75 Å². The summed E-state index contributed by atoms with van der Waals surface area (Å²) >= 11 is 0. The Bertz CT molecular complexity index is 440. The summed E-state index contributed by atoms with van der Waals surface area (Å²) in [6, 6.07) is 5.65. The third-order valence-electron chi connectivity index (χ3n) is 2.48. The Morgan fingerprint density at radius 3 is 3.06 bits per heavy atom. The maximum Gasteiger partial charge on any atom is 0.264 e. The van der Waals surface area contributed by atoms with Gasteiger partial charge >= 0.3 is 0 Å². The first-order valence-corrected chi connectivity index (χ1v) is 4.95. The Balaban J connectivity index is 2.44. The zero-order valence-electron chi connectivity index (χ0n) is 9.27. The predicted octanol–water partition coefficient (Wildman–Crippen LogP) is 1.66. The SMILES string of the molecule is CO/C=C/c1cccc2c1OCC(=O)N2C. The lowest BCUT2D eigenvalue weighted by Crippen LogP contribution is -2.35. The first kappa shape index (κ1) is 10.5. The molecule has 1 aliphatic heterocycles. The molecular weight excluding hydrogens is 206 g/mol. The van der Waals surface area contributed by atoms with Crippen molar-refractivity contribution in [2.75, 3.05) is 25.7 Å². The zero-order chi connectivity index (χ0) is 11.5. The molecule has 1 heterocycles. The van der Waals surface area contributed by atoms with Crippen LogP contribution in [0.1, 0.15) is 5.56 Å². The van der Waals surface area contributed by atoms with E-state index in [2.05, 4.69) is 0 Å². The summed E-state index contributed by atoms with van der Waals surface area (Å²) < 4.78 is 10.3. The molecule has 0 aliphatic carbocycles. The van der Waals surface area contributed by atoms with Crippen molar-refractivity contribution in [2.45, 2.75) is 0 Å². The molecule has 0 N–H and O–H groups in total. The Kier molecular flexibility index (Phi) is 2.81. The van der Waals surface area contributed by atoms with E-state index in [0.717, 1.165) is 17.0 Å². The molecule has 16 heavy (non-hydrogen) atoms. The van der Waals surface area contributed by atoms with Crippen LogP contribution in [0, 0.1) is 0 Å². The van der Waals surface area contributed by atoms with Crippen molar-refractivity contribution in [3.63, 3.8) is 0 Å². The van der Waals surface area contributed by atoms with Crippen molar-refractivity contribution >= 4 is 17.7 Å². The lowest BCUT2D eigenvalue weighted by atomic mass is 10.1. The highest BCUT2D eigenvalue weighted by molar-refractivity contribution is 5.98. The molecule has 0 aromatic heterocycles. The summed E-state index contributed by atoms with van der Waals surface area (Å²) in [7, 11) is 3.33. The standard InChI is InChI=1S/C12H13NO3/c1-13-10-5-3-4-9(6-7-15-2)12(10)16-8-11(13)14/h3-7H,8H2,1-2H3/b7-6+. The quantitative estimate of drug-likeness (QED) is 0.710. The van der Waals surface area contributed by atoms with Crippen LogP contribution in [0.3, 0.4) is 0 Å². The van der Waals surface area contributed by atoms with Gasteiger partial charge in [-0.25, -0.2) is 0 Å². The molecule has 0 fully saturated rings. The van der Waals surface area contributed by atoms with Crippen LogP contribution in [-0.4, -0.2) is 26.7 Å². The molecule has 0 bridgehead atoms. The number of fused-ring (bicyclic) bond motifs is 1. The maximum absolute atomic E-state index is 11.4. The van der Waals surface area contributed by atoms with Gasteiger partial charge in [-0.1, -0.05) is 12.1 Å². The number of ether oxygens (including phenoxy) is 2. The minimum Gasteiger partial charge on any atom is -0.504 e. The number of anilines is 1. The number of para-hydroxylation sites is 1.